The molecule has 0 spiro atoms. The summed E-state index contributed by atoms with van der Waals surface area (Å²) in [5.74, 6) is 1.36. The fraction of sp³-hybridized carbons (Fsp3) is 0.111. The molecule has 1 N–H and O–H groups in total. The zero-order valence-corrected chi connectivity index (χ0v) is 13.9. The maximum Gasteiger partial charge on any atom is 0.181 e. The molecule has 0 saturated heterocycles. The summed E-state index contributed by atoms with van der Waals surface area (Å²) in [5, 5.41) is 14.8. The van der Waals surface area contributed by atoms with E-state index in [2.05, 4.69) is 20.8 Å². The van der Waals surface area contributed by atoms with Crippen molar-refractivity contribution in [2.24, 2.45) is 0 Å². The molecule has 0 aliphatic heterocycles. The second-order valence-corrected chi connectivity index (χ2v) is 5.26. The number of methoxy groups -OCH3 is 1. The molecule has 0 aliphatic carbocycles. The summed E-state index contributed by atoms with van der Waals surface area (Å²) in [6.45, 7) is 1.54. The van der Waals surface area contributed by atoms with Crippen molar-refractivity contribution in [3.05, 3.63) is 66.1 Å². The number of hydrogen-bond acceptors (Lipinski definition) is 6. The van der Waals surface area contributed by atoms with Crippen molar-refractivity contribution in [3.8, 4) is 11.4 Å². The molecule has 0 saturated carbocycles. The van der Waals surface area contributed by atoms with E-state index in [1.54, 1.807) is 36.2 Å². The number of carbonyl (C=O) groups excluding carboxylic acids is 1. The lowest BCUT2D eigenvalue weighted by atomic mass is 10.1. The maximum atomic E-state index is 11.4. The minimum Gasteiger partial charge on any atom is -0.497 e. The van der Waals surface area contributed by atoms with E-state index < -0.39 is 0 Å². The normalized spacial score (nSPS) is 10.8. The molecule has 0 aliphatic rings. The number of rotatable bonds is 6. The summed E-state index contributed by atoms with van der Waals surface area (Å²) in [6, 6.07) is 14.7. The summed E-state index contributed by atoms with van der Waals surface area (Å²) < 4.78 is 6.76. The Morgan fingerprint density at radius 3 is 2.72 bits per heavy atom. The first-order valence-corrected chi connectivity index (χ1v) is 7.64. The SMILES string of the molecule is COc1ccc(-n2nnnc2/C=C\Nc2cccc(C(C)=O)c2)cc1. The van der Waals surface area contributed by atoms with Crippen molar-refractivity contribution < 1.29 is 9.53 Å². The molecule has 0 unspecified atom stereocenters. The number of anilines is 1. The minimum absolute atomic E-state index is 0.0241. The zero-order valence-electron chi connectivity index (χ0n) is 13.9. The van der Waals surface area contributed by atoms with E-state index in [1.165, 1.54) is 6.92 Å². The zero-order chi connectivity index (χ0) is 17.6. The third-order valence-electron chi connectivity index (χ3n) is 3.56. The molecular formula is C18H17N5O2. The lowest BCUT2D eigenvalue weighted by Crippen LogP contribution is -2.00. The van der Waals surface area contributed by atoms with Crippen LogP contribution in [0.2, 0.25) is 0 Å². The minimum atomic E-state index is 0.0241. The molecule has 25 heavy (non-hydrogen) atoms. The van der Waals surface area contributed by atoms with Gasteiger partial charge in [0.15, 0.2) is 11.6 Å². The van der Waals surface area contributed by atoms with Gasteiger partial charge in [0, 0.05) is 23.5 Å². The highest BCUT2D eigenvalue weighted by atomic mass is 16.5. The molecule has 1 aromatic heterocycles. The fourth-order valence-corrected chi connectivity index (χ4v) is 2.25. The predicted molar refractivity (Wildman–Crippen MR) is 94.8 cm³/mol. The van der Waals surface area contributed by atoms with Gasteiger partial charge in [0.25, 0.3) is 0 Å². The van der Waals surface area contributed by atoms with Crippen LogP contribution in [0.3, 0.4) is 0 Å². The second-order valence-electron chi connectivity index (χ2n) is 5.26. The number of aromatic nitrogens is 4. The van der Waals surface area contributed by atoms with Crippen molar-refractivity contribution in [1.82, 2.24) is 20.2 Å². The van der Waals surface area contributed by atoms with Gasteiger partial charge in [-0.25, -0.2) is 0 Å². The van der Waals surface area contributed by atoms with E-state index in [1.807, 2.05) is 36.4 Å². The Kier molecular flexibility index (Phi) is 4.84. The number of ether oxygens (including phenoxy) is 1. The van der Waals surface area contributed by atoms with Gasteiger partial charge in [-0.3, -0.25) is 4.79 Å². The number of ketones is 1. The van der Waals surface area contributed by atoms with E-state index in [9.17, 15) is 4.79 Å². The van der Waals surface area contributed by atoms with Crippen LogP contribution in [0.1, 0.15) is 23.1 Å². The van der Waals surface area contributed by atoms with Crippen molar-refractivity contribution >= 4 is 17.5 Å². The Labute approximate surface area is 144 Å². The molecule has 7 nitrogen and oxygen atoms in total. The van der Waals surface area contributed by atoms with Gasteiger partial charge in [0.2, 0.25) is 0 Å². The molecule has 0 atom stereocenters. The fourth-order valence-electron chi connectivity index (χ4n) is 2.25. The maximum absolute atomic E-state index is 11.4. The summed E-state index contributed by atoms with van der Waals surface area (Å²) in [4.78, 5) is 11.4. The lowest BCUT2D eigenvalue weighted by Gasteiger charge is -2.04. The number of hydrogen-bond donors (Lipinski definition) is 1. The molecule has 3 aromatic rings. The van der Waals surface area contributed by atoms with Gasteiger partial charge in [-0.15, -0.1) is 5.10 Å². The largest absolute Gasteiger partial charge is 0.497 e. The first-order valence-electron chi connectivity index (χ1n) is 7.64. The lowest BCUT2D eigenvalue weighted by molar-refractivity contribution is 0.101. The quantitative estimate of drug-likeness (QED) is 0.698. The van der Waals surface area contributed by atoms with E-state index in [-0.39, 0.29) is 5.78 Å². The Morgan fingerprint density at radius 1 is 1.20 bits per heavy atom. The van der Waals surface area contributed by atoms with Crippen LogP contribution in [0.5, 0.6) is 5.75 Å². The predicted octanol–water partition coefficient (Wildman–Crippen LogP) is 2.96. The summed E-state index contributed by atoms with van der Waals surface area (Å²) in [6.07, 6.45) is 3.48. The Bertz CT molecular complexity index is 900. The number of benzene rings is 2. The molecule has 7 heteroatoms. The third kappa shape index (κ3) is 3.89. The highest BCUT2D eigenvalue weighted by Crippen LogP contribution is 2.16. The Balaban J connectivity index is 1.75. The van der Waals surface area contributed by atoms with Crippen LogP contribution < -0.4 is 10.1 Å². The summed E-state index contributed by atoms with van der Waals surface area (Å²) in [5.41, 5.74) is 2.29. The number of nitrogens with one attached hydrogen (secondary N) is 1. The van der Waals surface area contributed by atoms with Crippen molar-refractivity contribution in [2.75, 3.05) is 12.4 Å². The van der Waals surface area contributed by atoms with Gasteiger partial charge in [-0.1, -0.05) is 12.1 Å². The summed E-state index contributed by atoms with van der Waals surface area (Å²) >= 11 is 0. The molecule has 1 heterocycles. The van der Waals surface area contributed by atoms with Gasteiger partial charge in [-0.2, -0.15) is 4.68 Å². The number of carbonyl (C=O) groups is 1. The van der Waals surface area contributed by atoms with E-state index in [0.717, 1.165) is 17.1 Å². The third-order valence-corrected chi connectivity index (χ3v) is 3.56. The average molecular weight is 335 g/mol. The van der Waals surface area contributed by atoms with Crippen LogP contribution in [0.25, 0.3) is 11.8 Å². The van der Waals surface area contributed by atoms with Crippen molar-refractivity contribution in [3.63, 3.8) is 0 Å². The monoisotopic (exact) mass is 335 g/mol. The van der Waals surface area contributed by atoms with Crippen LogP contribution in [0.15, 0.2) is 54.7 Å². The first kappa shape index (κ1) is 16.4. The molecular weight excluding hydrogens is 318 g/mol. The van der Waals surface area contributed by atoms with E-state index in [0.29, 0.717) is 11.4 Å². The van der Waals surface area contributed by atoms with Crippen molar-refractivity contribution in [2.45, 2.75) is 6.92 Å². The van der Waals surface area contributed by atoms with Gasteiger partial charge in [0.05, 0.1) is 12.8 Å². The topological polar surface area (TPSA) is 81.9 Å². The molecule has 126 valence electrons. The molecule has 0 bridgehead atoms. The van der Waals surface area contributed by atoms with Gasteiger partial charge in [-0.05, 0) is 53.7 Å². The highest BCUT2D eigenvalue weighted by molar-refractivity contribution is 5.94. The number of Topliss-reactive ketones (excluding diaryl/α,β-unsaturated/α-hetero) is 1. The van der Waals surface area contributed by atoms with Gasteiger partial charge in [0.1, 0.15) is 5.75 Å². The van der Waals surface area contributed by atoms with Crippen LogP contribution in [-0.2, 0) is 0 Å². The number of tetrazole rings is 1. The average Bonchev–Trinajstić information content (AvgIpc) is 3.10. The first-order chi connectivity index (χ1) is 12.2. The van der Waals surface area contributed by atoms with Crippen LogP contribution in [0.4, 0.5) is 5.69 Å². The second kappa shape index (κ2) is 7.39. The van der Waals surface area contributed by atoms with Gasteiger partial charge >= 0.3 is 0 Å². The molecule has 2 aromatic carbocycles. The molecule has 0 radical (unpaired) electrons. The van der Waals surface area contributed by atoms with Crippen LogP contribution in [0, 0.1) is 0 Å². The van der Waals surface area contributed by atoms with Crippen LogP contribution >= 0.6 is 0 Å². The smallest absolute Gasteiger partial charge is 0.181 e. The molecule has 0 fully saturated rings. The van der Waals surface area contributed by atoms with E-state index in [4.69, 9.17) is 4.74 Å². The van der Waals surface area contributed by atoms with E-state index >= 15 is 0 Å². The Morgan fingerprint density at radius 2 is 2.00 bits per heavy atom. The molecule has 3 rings (SSSR count). The van der Waals surface area contributed by atoms with Crippen LogP contribution in [-0.4, -0.2) is 33.1 Å². The Hall–Kier alpha value is -3.48. The number of nitrogens with zero attached hydrogens (tertiary/aromatic N) is 4. The highest BCUT2D eigenvalue weighted by Gasteiger charge is 2.05. The van der Waals surface area contributed by atoms with Gasteiger partial charge < -0.3 is 10.1 Å². The summed E-state index contributed by atoms with van der Waals surface area (Å²) in [7, 11) is 1.62. The van der Waals surface area contributed by atoms with Crippen molar-refractivity contribution in [1.29, 1.82) is 0 Å². The molecule has 0 amide bonds. The standard InChI is InChI=1S/C18H17N5O2/c1-13(24)14-4-3-5-15(12-14)19-11-10-18-20-21-22-23(18)16-6-8-17(25-2)9-7-16/h3-12,19H,1-2H3/b11-10-.